The Morgan fingerprint density at radius 3 is 2.75 bits per heavy atom. The molecule has 1 aliphatic carbocycles. The predicted molar refractivity (Wildman–Crippen MR) is 63.3 cm³/mol. The van der Waals surface area contributed by atoms with Crippen molar-refractivity contribution in [2.24, 2.45) is 5.41 Å². The largest absolute Gasteiger partial charge is 0.464 e. The Kier molecular flexibility index (Phi) is 2.25. The molecule has 0 aliphatic heterocycles. The summed E-state index contributed by atoms with van der Waals surface area (Å²) >= 11 is 0. The molecule has 0 bridgehead atoms. The third-order valence-corrected chi connectivity index (χ3v) is 3.88. The van der Waals surface area contributed by atoms with Crippen molar-refractivity contribution in [3.63, 3.8) is 0 Å². The summed E-state index contributed by atoms with van der Waals surface area (Å²) in [6.45, 7) is 0.298. The van der Waals surface area contributed by atoms with Crippen LogP contribution in [0.1, 0.15) is 24.8 Å². The smallest absolute Gasteiger partial charge is 0.134 e. The molecule has 16 heavy (non-hydrogen) atoms. The molecule has 0 saturated heterocycles. The molecular weight excluding hydrogens is 200 g/mol. The lowest BCUT2D eigenvalue weighted by atomic mass is 9.66. The van der Waals surface area contributed by atoms with Crippen LogP contribution in [0.2, 0.25) is 0 Å². The Labute approximate surface area is 94.9 Å². The topological polar surface area (TPSA) is 33.4 Å². The van der Waals surface area contributed by atoms with Crippen LogP contribution < -0.4 is 0 Å². The predicted octanol–water partition coefficient (Wildman–Crippen LogP) is 3.14. The van der Waals surface area contributed by atoms with Gasteiger partial charge in [-0.05, 0) is 36.3 Å². The molecule has 1 heterocycles. The van der Waals surface area contributed by atoms with Gasteiger partial charge in [-0.15, -0.1) is 0 Å². The van der Waals surface area contributed by atoms with Gasteiger partial charge in [0, 0.05) is 12.0 Å². The van der Waals surface area contributed by atoms with E-state index in [1.807, 2.05) is 24.5 Å². The summed E-state index contributed by atoms with van der Waals surface area (Å²) in [5, 5.41) is 10.7. The SMILES string of the molecule is OCC1(Cc2coc3ccccc23)CCC1. The van der Waals surface area contributed by atoms with Gasteiger partial charge in [0.25, 0.3) is 0 Å². The molecule has 84 valence electrons. The van der Waals surface area contributed by atoms with Gasteiger partial charge in [0.2, 0.25) is 0 Å². The van der Waals surface area contributed by atoms with Gasteiger partial charge < -0.3 is 9.52 Å². The van der Waals surface area contributed by atoms with E-state index in [1.165, 1.54) is 17.4 Å². The second kappa shape index (κ2) is 3.63. The van der Waals surface area contributed by atoms with E-state index in [1.54, 1.807) is 0 Å². The Bertz CT molecular complexity index is 489. The van der Waals surface area contributed by atoms with Gasteiger partial charge in [0.1, 0.15) is 5.58 Å². The maximum Gasteiger partial charge on any atom is 0.134 e. The van der Waals surface area contributed by atoms with Crippen LogP contribution in [0.4, 0.5) is 0 Å². The molecule has 1 saturated carbocycles. The number of benzene rings is 1. The molecule has 2 heteroatoms. The first-order valence-corrected chi connectivity index (χ1v) is 5.89. The molecule has 1 N–H and O–H groups in total. The number of rotatable bonds is 3. The van der Waals surface area contributed by atoms with Crippen LogP contribution >= 0.6 is 0 Å². The summed E-state index contributed by atoms with van der Waals surface area (Å²) in [6.07, 6.45) is 6.32. The average Bonchev–Trinajstić information content (AvgIpc) is 2.67. The summed E-state index contributed by atoms with van der Waals surface area (Å²) in [4.78, 5) is 0. The van der Waals surface area contributed by atoms with E-state index in [9.17, 15) is 5.11 Å². The van der Waals surface area contributed by atoms with E-state index in [0.717, 1.165) is 24.8 Å². The first-order valence-electron chi connectivity index (χ1n) is 5.89. The summed E-state index contributed by atoms with van der Waals surface area (Å²) < 4.78 is 5.53. The van der Waals surface area contributed by atoms with Crippen molar-refractivity contribution >= 4 is 11.0 Å². The lowest BCUT2D eigenvalue weighted by Crippen LogP contribution is -2.35. The van der Waals surface area contributed by atoms with Crippen molar-refractivity contribution in [3.8, 4) is 0 Å². The standard InChI is InChI=1S/C14H16O2/c15-10-14(6-3-7-14)8-11-9-16-13-5-2-1-4-12(11)13/h1-2,4-5,9,15H,3,6-8,10H2. The number of aliphatic hydroxyl groups excluding tert-OH is 1. The zero-order valence-corrected chi connectivity index (χ0v) is 9.28. The van der Waals surface area contributed by atoms with Crippen LogP contribution in [0, 0.1) is 5.41 Å². The normalized spacial score (nSPS) is 18.6. The Morgan fingerprint density at radius 2 is 2.06 bits per heavy atom. The molecule has 0 amide bonds. The second-order valence-electron chi connectivity index (χ2n) is 4.95. The molecule has 3 rings (SSSR count). The Balaban J connectivity index is 1.94. The number of furan rings is 1. The number of hydrogen-bond acceptors (Lipinski definition) is 2. The number of para-hydroxylation sites is 1. The molecule has 1 aromatic heterocycles. The average molecular weight is 216 g/mol. The van der Waals surface area contributed by atoms with E-state index in [4.69, 9.17) is 4.42 Å². The van der Waals surface area contributed by atoms with E-state index in [0.29, 0.717) is 6.61 Å². The molecule has 1 aliphatic rings. The van der Waals surface area contributed by atoms with Gasteiger partial charge in [-0.2, -0.15) is 0 Å². The van der Waals surface area contributed by atoms with E-state index >= 15 is 0 Å². The fraction of sp³-hybridized carbons (Fsp3) is 0.429. The summed E-state index contributed by atoms with van der Waals surface area (Å²) in [5.41, 5.74) is 2.32. The minimum absolute atomic E-state index is 0.132. The minimum Gasteiger partial charge on any atom is -0.464 e. The highest BCUT2D eigenvalue weighted by Gasteiger charge is 2.36. The summed E-state index contributed by atoms with van der Waals surface area (Å²) in [6, 6.07) is 8.11. The maximum absolute atomic E-state index is 9.48. The number of fused-ring (bicyclic) bond motifs is 1. The highest BCUT2D eigenvalue weighted by atomic mass is 16.3. The summed E-state index contributed by atoms with van der Waals surface area (Å²) in [5.74, 6) is 0. The highest BCUT2D eigenvalue weighted by Crippen LogP contribution is 2.44. The first-order chi connectivity index (χ1) is 7.83. The van der Waals surface area contributed by atoms with Crippen molar-refractivity contribution in [1.29, 1.82) is 0 Å². The number of hydrogen-bond donors (Lipinski definition) is 1. The maximum atomic E-state index is 9.48. The molecule has 1 aromatic carbocycles. The molecule has 0 atom stereocenters. The summed E-state index contributed by atoms with van der Waals surface area (Å²) in [7, 11) is 0. The quantitative estimate of drug-likeness (QED) is 0.855. The molecule has 2 nitrogen and oxygen atoms in total. The number of aliphatic hydroxyl groups is 1. The van der Waals surface area contributed by atoms with Gasteiger partial charge in [-0.25, -0.2) is 0 Å². The lowest BCUT2D eigenvalue weighted by Gasteiger charge is -2.40. The third kappa shape index (κ3) is 1.45. The van der Waals surface area contributed by atoms with Gasteiger partial charge >= 0.3 is 0 Å². The highest BCUT2D eigenvalue weighted by molar-refractivity contribution is 5.80. The van der Waals surface area contributed by atoms with E-state index < -0.39 is 0 Å². The van der Waals surface area contributed by atoms with Crippen LogP contribution in [-0.2, 0) is 6.42 Å². The second-order valence-corrected chi connectivity index (χ2v) is 4.95. The van der Waals surface area contributed by atoms with Crippen molar-refractivity contribution in [2.75, 3.05) is 6.61 Å². The van der Waals surface area contributed by atoms with E-state index in [-0.39, 0.29) is 5.41 Å². The van der Waals surface area contributed by atoms with Gasteiger partial charge in [0.15, 0.2) is 0 Å². The van der Waals surface area contributed by atoms with Crippen LogP contribution in [-0.4, -0.2) is 11.7 Å². The van der Waals surface area contributed by atoms with Gasteiger partial charge in [-0.3, -0.25) is 0 Å². The van der Waals surface area contributed by atoms with Crippen LogP contribution in [0.25, 0.3) is 11.0 Å². The zero-order chi connectivity index (χ0) is 11.0. The monoisotopic (exact) mass is 216 g/mol. The first kappa shape index (κ1) is 9.91. The zero-order valence-electron chi connectivity index (χ0n) is 9.28. The fourth-order valence-corrected chi connectivity index (χ4v) is 2.64. The Hall–Kier alpha value is -1.28. The van der Waals surface area contributed by atoms with Crippen molar-refractivity contribution < 1.29 is 9.52 Å². The van der Waals surface area contributed by atoms with Crippen molar-refractivity contribution in [1.82, 2.24) is 0 Å². The Morgan fingerprint density at radius 1 is 1.25 bits per heavy atom. The van der Waals surface area contributed by atoms with E-state index in [2.05, 4.69) is 6.07 Å². The lowest BCUT2D eigenvalue weighted by molar-refractivity contribution is 0.0452. The van der Waals surface area contributed by atoms with Gasteiger partial charge in [-0.1, -0.05) is 24.6 Å². The molecule has 2 aromatic rings. The third-order valence-electron chi connectivity index (χ3n) is 3.88. The molecule has 0 unspecified atom stereocenters. The fourth-order valence-electron chi connectivity index (χ4n) is 2.64. The molecule has 1 fully saturated rings. The molecular formula is C14H16O2. The van der Waals surface area contributed by atoms with Crippen LogP contribution in [0.3, 0.4) is 0 Å². The van der Waals surface area contributed by atoms with Crippen molar-refractivity contribution in [2.45, 2.75) is 25.7 Å². The van der Waals surface area contributed by atoms with Gasteiger partial charge in [0.05, 0.1) is 6.26 Å². The minimum atomic E-state index is 0.132. The van der Waals surface area contributed by atoms with Crippen molar-refractivity contribution in [3.05, 3.63) is 36.1 Å². The molecule has 0 radical (unpaired) electrons. The van der Waals surface area contributed by atoms with Crippen LogP contribution in [0.5, 0.6) is 0 Å². The molecule has 0 spiro atoms. The van der Waals surface area contributed by atoms with Crippen LogP contribution in [0.15, 0.2) is 34.9 Å².